The molecule has 2 amide bonds. The number of anilines is 2. The van der Waals surface area contributed by atoms with Crippen LogP contribution in [0.25, 0.3) is 0 Å². The van der Waals surface area contributed by atoms with Gasteiger partial charge >= 0.3 is 6.09 Å². The summed E-state index contributed by atoms with van der Waals surface area (Å²) >= 11 is 0. The number of hydrogen-bond acceptors (Lipinski definition) is 6. The lowest BCUT2D eigenvalue weighted by atomic mass is 10.2. The van der Waals surface area contributed by atoms with Crippen molar-refractivity contribution in [2.75, 3.05) is 36.5 Å². The van der Waals surface area contributed by atoms with Gasteiger partial charge in [0.1, 0.15) is 11.9 Å². The number of amides is 2. The Morgan fingerprint density at radius 2 is 2.13 bits per heavy atom. The average molecular weight is 417 g/mol. The van der Waals surface area contributed by atoms with Crippen LogP contribution in [0.4, 0.5) is 20.6 Å². The van der Waals surface area contributed by atoms with E-state index in [-0.39, 0.29) is 37.1 Å². The second-order valence-electron chi connectivity index (χ2n) is 6.81. The molecule has 1 atom stereocenters. The first-order chi connectivity index (χ1) is 14.4. The third kappa shape index (κ3) is 5.53. The summed E-state index contributed by atoms with van der Waals surface area (Å²) < 4.78 is 25.1. The molecule has 3 N–H and O–H groups in total. The van der Waals surface area contributed by atoms with Crippen molar-refractivity contribution in [3.63, 3.8) is 0 Å². The number of cyclic esters (lactones) is 1. The topological polar surface area (TPSA) is 100 Å². The predicted molar refractivity (Wildman–Crippen MR) is 109 cm³/mol. The van der Waals surface area contributed by atoms with Crippen molar-refractivity contribution in [1.82, 2.24) is 5.32 Å². The summed E-state index contributed by atoms with van der Waals surface area (Å²) in [4.78, 5) is 24.3. The van der Waals surface area contributed by atoms with Crippen LogP contribution in [0, 0.1) is 5.82 Å². The van der Waals surface area contributed by atoms with E-state index in [4.69, 9.17) is 9.47 Å². The van der Waals surface area contributed by atoms with Crippen molar-refractivity contribution in [3.05, 3.63) is 48.3 Å². The van der Waals surface area contributed by atoms with Crippen LogP contribution in [-0.2, 0) is 9.53 Å². The van der Waals surface area contributed by atoms with E-state index in [9.17, 15) is 19.1 Å². The van der Waals surface area contributed by atoms with Crippen LogP contribution in [0.5, 0.6) is 11.5 Å². The molecule has 1 heterocycles. The van der Waals surface area contributed by atoms with Crippen molar-refractivity contribution in [3.8, 4) is 11.5 Å². The van der Waals surface area contributed by atoms with Crippen LogP contribution in [0.15, 0.2) is 42.5 Å². The maximum atomic E-state index is 14.4. The van der Waals surface area contributed by atoms with Crippen molar-refractivity contribution >= 4 is 23.4 Å². The summed E-state index contributed by atoms with van der Waals surface area (Å²) in [6.07, 6.45) is -0.482. The Morgan fingerprint density at radius 1 is 1.33 bits per heavy atom. The second kappa shape index (κ2) is 9.82. The number of rotatable bonds is 9. The van der Waals surface area contributed by atoms with E-state index >= 15 is 0 Å². The van der Waals surface area contributed by atoms with Gasteiger partial charge in [-0.25, -0.2) is 9.18 Å². The second-order valence-corrected chi connectivity index (χ2v) is 6.81. The van der Waals surface area contributed by atoms with E-state index in [1.807, 2.05) is 6.07 Å². The number of phenols is 1. The molecule has 0 aromatic heterocycles. The van der Waals surface area contributed by atoms with E-state index in [0.717, 1.165) is 0 Å². The molecule has 1 unspecified atom stereocenters. The monoisotopic (exact) mass is 417 g/mol. The number of benzene rings is 2. The lowest BCUT2D eigenvalue weighted by Crippen LogP contribution is -2.33. The van der Waals surface area contributed by atoms with Gasteiger partial charge < -0.3 is 25.2 Å². The number of carbonyl (C=O) groups is 2. The minimum atomic E-state index is -0.589. The maximum absolute atomic E-state index is 14.4. The van der Waals surface area contributed by atoms with Gasteiger partial charge in [0.15, 0.2) is 11.6 Å². The molecule has 30 heavy (non-hydrogen) atoms. The quantitative estimate of drug-likeness (QED) is 0.429. The number of nitrogens with one attached hydrogen (secondary N) is 2. The molecule has 0 bridgehead atoms. The van der Waals surface area contributed by atoms with E-state index in [1.54, 1.807) is 24.3 Å². The van der Waals surface area contributed by atoms with Crippen LogP contribution in [0.1, 0.15) is 13.3 Å². The number of ether oxygens (including phenoxy) is 2. The Bertz CT molecular complexity index is 908. The zero-order valence-electron chi connectivity index (χ0n) is 16.6. The first-order valence-corrected chi connectivity index (χ1v) is 9.61. The third-order valence-corrected chi connectivity index (χ3v) is 4.48. The molecular formula is C21H24FN3O5. The fourth-order valence-electron chi connectivity index (χ4n) is 2.97. The van der Waals surface area contributed by atoms with Gasteiger partial charge in [-0.1, -0.05) is 12.1 Å². The van der Waals surface area contributed by atoms with Gasteiger partial charge in [-0.3, -0.25) is 9.69 Å². The zero-order valence-corrected chi connectivity index (χ0v) is 16.6. The minimum Gasteiger partial charge on any atom is -0.506 e. The maximum Gasteiger partial charge on any atom is 0.414 e. The lowest BCUT2D eigenvalue weighted by molar-refractivity contribution is -0.119. The van der Waals surface area contributed by atoms with Crippen LogP contribution >= 0.6 is 0 Å². The van der Waals surface area contributed by atoms with Crippen LogP contribution < -0.4 is 20.3 Å². The van der Waals surface area contributed by atoms with E-state index in [0.29, 0.717) is 24.3 Å². The summed E-state index contributed by atoms with van der Waals surface area (Å²) in [5.74, 6) is -0.546. The summed E-state index contributed by atoms with van der Waals surface area (Å²) in [5, 5.41) is 15.4. The Labute approximate surface area is 173 Å². The predicted octanol–water partition coefficient (Wildman–Crippen LogP) is 2.87. The first kappa shape index (κ1) is 21.2. The molecule has 2 aromatic rings. The number of hydrogen-bond donors (Lipinski definition) is 3. The third-order valence-electron chi connectivity index (χ3n) is 4.48. The molecule has 1 fully saturated rings. The van der Waals surface area contributed by atoms with Gasteiger partial charge in [-0.15, -0.1) is 0 Å². The van der Waals surface area contributed by atoms with E-state index in [2.05, 4.69) is 10.6 Å². The SMILES string of the molecule is CC(=O)NCC1CN(c2ccc(OCCCNc3ccccc3O)c(F)c2)C(=O)O1. The molecule has 1 aliphatic rings. The fraction of sp³-hybridized carbons (Fsp3) is 0.333. The molecule has 0 aliphatic carbocycles. The highest BCUT2D eigenvalue weighted by Crippen LogP contribution is 2.27. The van der Waals surface area contributed by atoms with Gasteiger partial charge in [0.25, 0.3) is 0 Å². The van der Waals surface area contributed by atoms with Crippen LogP contribution in [0.3, 0.4) is 0 Å². The largest absolute Gasteiger partial charge is 0.506 e. The number of aromatic hydroxyl groups is 1. The molecule has 0 radical (unpaired) electrons. The minimum absolute atomic E-state index is 0.0867. The molecule has 9 heteroatoms. The molecule has 0 saturated carbocycles. The average Bonchev–Trinajstić information content (AvgIpc) is 3.09. The Morgan fingerprint density at radius 3 is 2.87 bits per heavy atom. The number of halogens is 1. The summed E-state index contributed by atoms with van der Waals surface area (Å²) in [6, 6.07) is 11.2. The molecule has 1 saturated heterocycles. The molecule has 8 nitrogen and oxygen atoms in total. The van der Waals surface area contributed by atoms with Crippen molar-refractivity contribution in [2.45, 2.75) is 19.4 Å². The summed E-state index contributed by atoms with van der Waals surface area (Å²) in [6.45, 7) is 2.63. The number of nitrogens with zero attached hydrogens (tertiary/aromatic N) is 1. The normalized spacial score (nSPS) is 15.6. The Kier molecular flexibility index (Phi) is 6.95. The van der Waals surface area contributed by atoms with Crippen LogP contribution in [0.2, 0.25) is 0 Å². The van der Waals surface area contributed by atoms with E-state index in [1.165, 1.54) is 24.0 Å². The van der Waals surface area contributed by atoms with Gasteiger partial charge in [-0.2, -0.15) is 0 Å². The zero-order chi connectivity index (χ0) is 21.5. The van der Waals surface area contributed by atoms with E-state index < -0.39 is 18.0 Å². The Hall–Kier alpha value is -3.49. The van der Waals surface area contributed by atoms with Gasteiger partial charge in [0.2, 0.25) is 5.91 Å². The highest BCUT2D eigenvalue weighted by Gasteiger charge is 2.32. The number of phenolic OH excluding ortho intramolecular Hbond substituents is 1. The first-order valence-electron chi connectivity index (χ1n) is 9.61. The molecule has 1 aliphatic heterocycles. The van der Waals surface area contributed by atoms with Crippen LogP contribution in [-0.4, -0.2) is 49.5 Å². The van der Waals surface area contributed by atoms with Crippen molar-refractivity contribution in [2.24, 2.45) is 0 Å². The number of para-hydroxylation sites is 2. The highest BCUT2D eigenvalue weighted by molar-refractivity contribution is 5.90. The molecule has 2 aromatic carbocycles. The van der Waals surface area contributed by atoms with Crippen molar-refractivity contribution in [1.29, 1.82) is 0 Å². The fourth-order valence-corrected chi connectivity index (χ4v) is 2.97. The molecule has 0 spiro atoms. The Balaban J connectivity index is 1.47. The number of carbonyl (C=O) groups excluding carboxylic acids is 2. The molecular weight excluding hydrogens is 393 g/mol. The van der Waals surface area contributed by atoms with Gasteiger partial charge in [-0.05, 0) is 30.7 Å². The smallest absolute Gasteiger partial charge is 0.414 e. The molecule has 3 rings (SSSR count). The van der Waals surface area contributed by atoms with Gasteiger partial charge in [0, 0.05) is 19.5 Å². The lowest BCUT2D eigenvalue weighted by Gasteiger charge is -2.15. The standard InChI is InChI=1S/C21H24FN3O5/c1-14(26)24-12-16-13-25(21(28)30-16)15-7-8-20(17(22)11-15)29-10-4-9-23-18-5-2-3-6-19(18)27/h2-3,5-8,11,16,23,27H,4,9-10,12-13H2,1H3,(H,24,26). The summed E-state index contributed by atoms with van der Waals surface area (Å²) in [5.41, 5.74) is 0.985. The van der Waals surface area contributed by atoms with Crippen molar-refractivity contribution < 1.29 is 28.6 Å². The molecule has 160 valence electrons. The highest BCUT2D eigenvalue weighted by atomic mass is 19.1. The van der Waals surface area contributed by atoms with Gasteiger partial charge in [0.05, 0.1) is 31.1 Å². The summed E-state index contributed by atoms with van der Waals surface area (Å²) in [7, 11) is 0.